The minimum atomic E-state index is -0.109. The molecular weight excluding hydrogens is 242 g/mol. The van der Waals surface area contributed by atoms with Gasteiger partial charge in [0.25, 0.3) is 0 Å². The highest BCUT2D eigenvalue weighted by Crippen LogP contribution is 2.11. The molecule has 0 radical (unpaired) electrons. The maximum atomic E-state index is 12.2. The SMILES string of the molecule is COC1CNC(C(=O)NC(CC(C)C)CN(C)C)C1. The van der Waals surface area contributed by atoms with Crippen molar-refractivity contribution in [1.29, 1.82) is 0 Å². The minimum absolute atomic E-state index is 0.104. The molecule has 1 heterocycles. The van der Waals surface area contributed by atoms with Gasteiger partial charge in [-0.15, -0.1) is 0 Å². The van der Waals surface area contributed by atoms with E-state index < -0.39 is 0 Å². The number of amides is 1. The fraction of sp³-hybridized carbons (Fsp3) is 0.929. The average molecular weight is 271 g/mol. The molecule has 3 unspecified atom stereocenters. The van der Waals surface area contributed by atoms with Gasteiger partial charge in [0.1, 0.15) is 0 Å². The van der Waals surface area contributed by atoms with E-state index in [9.17, 15) is 4.79 Å². The van der Waals surface area contributed by atoms with Crippen LogP contribution in [0.3, 0.4) is 0 Å². The van der Waals surface area contributed by atoms with Crippen LogP contribution in [0.4, 0.5) is 0 Å². The summed E-state index contributed by atoms with van der Waals surface area (Å²) in [7, 11) is 5.77. The van der Waals surface area contributed by atoms with Crippen LogP contribution in [0.25, 0.3) is 0 Å². The zero-order valence-corrected chi connectivity index (χ0v) is 12.9. The van der Waals surface area contributed by atoms with Crippen LogP contribution < -0.4 is 10.6 Å². The van der Waals surface area contributed by atoms with Crippen LogP contribution in [0.1, 0.15) is 26.7 Å². The van der Waals surface area contributed by atoms with Crippen molar-refractivity contribution in [3.63, 3.8) is 0 Å². The summed E-state index contributed by atoms with van der Waals surface area (Å²) in [4.78, 5) is 14.4. The molecule has 0 aromatic heterocycles. The molecule has 0 saturated carbocycles. The molecular formula is C14H29N3O2. The van der Waals surface area contributed by atoms with Gasteiger partial charge in [-0.1, -0.05) is 13.8 Å². The Kier molecular flexibility index (Phi) is 6.75. The second-order valence-corrected chi connectivity index (χ2v) is 6.15. The first-order valence-electron chi connectivity index (χ1n) is 7.13. The van der Waals surface area contributed by atoms with E-state index >= 15 is 0 Å². The predicted molar refractivity (Wildman–Crippen MR) is 77.1 cm³/mol. The lowest BCUT2D eigenvalue weighted by Gasteiger charge is -2.25. The van der Waals surface area contributed by atoms with Crippen molar-refractivity contribution in [1.82, 2.24) is 15.5 Å². The molecule has 5 heteroatoms. The molecule has 1 rings (SSSR count). The molecule has 0 spiro atoms. The van der Waals surface area contributed by atoms with E-state index in [4.69, 9.17) is 4.74 Å². The van der Waals surface area contributed by atoms with E-state index in [0.717, 1.165) is 25.9 Å². The number of ether oxygens (including phenoxy) is 1. The van der Waals surface area contributed by atoms with Crippen molar-refractivity contribution >= 4 is 5.91 Å². The summed E-state index contributed by atoms with van der Waals surface area (Å²) >= 11 is 0. The minimum Gasteiger partial charge on any atom is -0.380 e. The molecule has 1 aliphatic rings. The molecule has 0 aliphatic carbocycles. The van der Waals surface area contributed by atoms with Crippen molar-refractivity contribution < 1.29 is 9.53 Å². The van der Waals surface area contributed by atoms with E-state index in [1.54, 1.807) is 7.11 Å². The Morgan fingerprint density at radius 1 is 1.47 bits per heavy atom. The maximum Gasteiger partial charge on any atom is 0.237 e. The standard InChI is InChI=1S/C14H29N3O2/c1-10(2)6-11(9-17(3)4)16-14(18)13-7-12(19-5)8-15-13/h10-13,15H,6-9H2,1-5H3,(H,16,18). The number of carbonyl (C=O) groups excluding carboxylic acids is 1. The zero-order chi connectivity index (χ0) is 14.4. The number of hydrogen-bond donors (Lipinski definition) is 2. The van der Waals surface area contributed by atoms with E-state index in [1.165, 1.54) is 0 Å². The normalized spacial score (nSPS) is 25.0. The Bertz CT molecular complexity index is 272. The lowest BCUT2D eigenvalue weighted by atomic mass is 10.0. The summed E-state index contributed by atoms with van der Waals surface area (Å²) in [6.07, 6.45) is 1.93. The van der Waals surface area contributed by atoms with Crippen molar-refractivity contribution in [2.75, 3.05) is 34.3 Å². The van der Waals surface area contributed by atoms with Crippen molar-refractivity contribution in [3.8, 4) is 0 Å². The maximum absolute atomic E-state index is 12.2. The Balaban J connectivity index is 2.46. The fourth-order valence-electron chi connectivity index (χ4n) is 2.57. The monoisotopic (exact) mass is 271 g/mol. The second-order valence-electron chi connectivity index (χ2n) is 6.15. The third-order valence-corrected chi connectivity index (χ3v) is 3.43. The topological polar surface area (TPSA) is 53.6 Å². The lowest BCUT2D eigenvalue weighted by Crippen LogP contribution is -2.48. The van der Waals surface area contributed by atoms with Gasteiger partial charge in [0.15, 0.2) is 0 Å². The summed E-state index contributed by atoms with van der Waals surface area (Å²) in [6.45, 7) is 6.01. The lowest BCUT2D eigenvalue weighted by molar-refractivity contribution is -0.123. The Morgan fingerprint density at radius 3 is 2.63 bits per heavy atom. The number of likely N-dealkylation sites (N-methyl/N-ethyl adjacent to an activating group) is 1. The molecule has 1 aliphatic heterocycles. The van der Waals surface area contributed by atoms with Crippen LogP contribution in [0.15, 0.2) is 0 Å². The van der Waals surface area contributed by atoms with Gasteiger partial charge in [0.05, 0.1) is 12.1 Å². The molecule has 2 N–H and O–H groups in total. The third-order valence-electron chi connectivity index (χ3n) is 3.43. The van der Waals surface area contributed by atoms with Crippen LogP contribution in [0.2, 0.25) is 0 Å². The van der Waals surface area contributed by atoms with Gasteiger partial charge in [-0.3, -0.25) is 4.79 Å². The van der Waals surface area contributed by atoms with Crippen LogP contribution in [0.5, 0.6) is 0 Å². The zero-order valence-electron chi connectivity index (χ0n) is 12.9. The van der Waals surface area contributed by atoms with Gasteiger partial charge in [0.2, 0.25) is 5.91 Å². The highest BCUT2D eigenvalue weighted by molar-refractivity contribution is 5.82. The summed E-state index contributed by atoms with van der Waals surface area (Å²) in [6, 6.07) is 0.104. The first-order chi connectivity index (χ1) is 8.92. The van der Waals surface area contributed by atoms with Crippen molar-refractivity contribution in [3.05, 3.63) is 0 Å². The number of nitrogens with zero attached hydrogens (tertiary/aromatic N) is 1. The molecule has 0 aromatic carbocycles. The number of carbonyl (C=O) groups is 1. The quantitative estimate of drug-likeness (QED) is 0.706. The van der Waals surface area contributed by atoms with E-state index in [1.807, 2.05) is 14.1 Å². The van der Waals surface area contributed by atoms with Crippen LogP contribution in [-0.2, 0) is 9.53 Å². The van der Waals surface area contributed by atoms with Gasteiger partial charge >= 0.3 is 0 Å². The highest BCUT2D eigenvalue weighted by atomic mass is 16.5. The highest BCUT2D eigenvalue weighted by Gasteiger charge is 2.30. The number of rotatable bonds is 7. The Hall–Kier alpha value is -0.650. The smallest absolute Gasteiger partial charge is 0.237 e. The number of methoxy groups -OCH3 is 1. The van der Waals surface area contributed by atoms with Gasteiger partial charge < -0.3 is 20.3 Å². The number of nitrogens with one attached hydrogen (secondary N) is 2. The second kappa shape index (κ2) is 7.82. The number of hydrogen-bond acceptors (Lipinski definition) is 4. The summed E-state index contributed by atoms with van der Waals surface area (Å²) in [5.74, 6) is 0.681. The molecule has 5 nitrogen and oxygen atoms in total. The largest absolute Gasteiger partial charge is 0.380 e. The van der Waals surface area contributed by atoms with Gasteiger partial charge in [-0.25, -0.2) is 0 Å². The Morgan fingerprint density at radius 2 is 2.16 bits per heavy atom. The predicted octanol–water partition coefficient (Wildman–Crippen LogP) is 0.456. The Labute approximate surface area is 117 Å². The molecule has 1 amide bonds. The van der Waals surface area contributed by atoms with E-state index in [0.29, 0.717) is 5.92 Å². The van der Waals surface area contributed by atoms with E-state index in [-0.39, 0.29) is 24.1 Å². The molecule has 1 fully saturated rings. The van der Waals surface area contributed by atoms with Crippen LogP contribution >= 0.6 is 0 Å². The molecule has 19 heavy (non-hydrogen) atoms. The average Bonchev–Trinajstić information content (AvgIpc) is 2.75. The van der Waals surface area contributed by atoms with Gasteiger partial charge in [-0.2, -0.15) is 0 Å². The van der Waals surface area contributed by atoms with Crippen molar-refractivity contribution in [2.24, 2.45) is 5.92 Å². The van der Waals surface area contributed by atoms with Gasteiger partial charge in [0, 0.05) is 26.2 Å². The fourth-order valence-corrected chi connectivity index (χ4v) is 2.57. The first-order valence-corrected chi connectivity index (χ1v) is 7.13. The third kappa shape index (κ3) is 5.89. The molecule has 112 valence electrons. The first kappa shape index (κ1) is 16.4. The summed E-state index contributed by atoms with van der Waals surface area (Å²) in [5.41, 5.74) is 0. The summed E-state index contributed by atoms with van der Waals surface area (Å²) in [5, 5.41) is 6.39. The van der Waals surface area contributed by atoms with Gasteiger partial charge in [-0.05, 0) is 32.9 Å². The van der Waals surface area contributed by atoms with Crippen molar-refractivity contribution in [2.45, 2.75) is 44.9 Å². The molecule has 0 bridgehead atoms. The van der Waals surface area contributed by atoms with E-state index in [2.05, 4.69) is 29.4 Å². The molecule has 0 aromatic rings. The van der Waals surface area contributed by atoms with Crippen LogP contribution in [-0.4, -0.2) is 63.3 Å². The summed E-state index contributed by atoms with van der Waals surface area (Å²) < 4.78 is 5.27. The molecule has 1 saturated heterocycles. The molecule has 3 atom stereocenters. The van der Waals surface area contributed by atoms with Crippen LogP contribution in [0, 0.1) is 5.92 Å².